The topological polar surface area (TPSA) is 26.0 Å². The van der Waals surface area contributed by atoms with Crippen LogP contribution in [0.5, 0.6) is 0 Å². The van der Waals surface area contributed by atoms with Gasteiger partial charge in [0.2, 0.25) is 0 Å². The molecule has 0 aliphatic rings. The first kappa shape index (κ1) is 13.1. The van der Waals surface area contributed by atoms with E-state index in [1.165, 1.54) is 5.56 Å². The van der Waals surface area contributed by atoms with Gasteiger partial charge in [0.15, 0.2) is 0 Å². The third kappa shape index (κ3) is 2.92. The highest BCUT2D eigenvalue weighted by molar-refractivity contribution is 6.30. The zero-order valence-electron chi connectivity index (χ0n) is 10.5. The predicted octanol–water partition coefficient (Wildman–Crippen LogP) is 4.53. The van der Waals surface area contributed by atoms with Gasteiger partial charge in [0.1, 0.15) is 0 Å². The van der Waals surface area contributed by atoms with Gasteiger partial charge in [-0.05, 0) is 29.7 Å². The Kier molecular flexibility index (Phi) is 4.40. The standard InChI is InChI=1S/C16H18ClN/c1-2-15(12-6-4-3-5-7-12)16(18)13-8-10-14(17)11-9-13/h3-11,15-16H,2,18H2,1H3. The molecule has 0 bridgehead atoms. The molecule has 18 heavy (non-hydrogen) atoms. The maximum atomic E-state index is 6.39. The maximum Gasteiger partial charge on any atom is 0.0406 e. The summed E-state index contributed by atoms with van der Waals surface area (Å²) in [6, 6.07) is 18.3. The molecule has 2 heteroatoms. The van der Waals surface area contributed by atoms with Crippen LogP contribution in [0.3, 0.4) is 0 Å². The molecule has 0 aliphatic carbocycles. The number of halogens is 1. The van der Waals surface area contributed by atoms with Gasteiger partial charge in [0.05, 0.1) is 0 Å². The van der Waals surface area contributed by atoms with Crippen LogP contribution in [0.15, 0.2) is 54.6 Å². The molecule has 2 aromatic carbocycles. The molecule has 2 rings (SSSR count). The summed E-state index contributed by atoms with van der Waals surface area (Å²) < 4.78 is 0. The molecule has 0 aromatic heterocycles. The predicted molar refractivity (Wildman–Crippen MR) is 77.9 cm³/mol. The van der Waals surface area contributed by atoms with E-state index in [4.69, 9.17) is 17.3 Å². The molecular weight excluding hydrogens is 242 g/mol. The van der Waals surface area contributed by atoms with Gasteiger partial charge in [0, 0.05) is 17.0 Å². The summed E-state index contributed by atoms with van der Waals surface area (Å²) in [5, 5.41) is 0.749. The lowest BCUT2D eigenvalue weighted by Gasteiger charge is -2.23. The van der Waals surface area contributed by atoms with Crippen LogP contribution in [0.1, 0.15) is 36.4 Å². The molecule has 0 aliphatic heterocycles. The van der Waals surface area contributed by atoms with Crippen LogP contribution in [-0.4, -0.2) is 0 Å². The van der Waals surface area contributed by atoms with Crippen molar-refractivity contribution in [3.05, 3.63) is 70.7 Å². The molecule has 0 radical (unpaired) electrons. The van der Waals surface area contributed by atoms with Gasteiger partial charge in [-0.2, -0.15) is 0 Å². The first-order valence-corrected chi connectivity index (χ1v) is 6.66. The van der Waals surface area contributed by atoms with E-state index in [2.05, 4.69) is 31.2 Å². The molecule has 2 N–H and O–H groups in total. The van der Waals surface area contributed by atoms with E-state index in [1.54, 1.807) is 0 Å². The van der Waals surface area contributed by atoms with Crippen molar-refractivity contribution in [3.63, 3.8) is 0 Å². The molecule has 0 fully saturated rings. The summed E-state index contributed by atoms with van der Waals surface area (Å²) in [6.45, 7) is 2.17. The van der Waals surface area contributed by atoms with Crippen LogP contribution in [0.2, 0.25) is 5.02 Å². The van der Waals surface area contributed by atoms with Crippen molar-refractivity contribution in [1.29, 1.82) is 0 Å². The minimum absolute atomic E-state index is 0.00895. The highest BCUT2D eigenvalue weighted by atomic mass is 35.5. The largest absolute Gasteiger partial charge is 0.323 e. The maximum absolute atomic E-state index is 6.39. The molecule has 94 valence electrons. The highest BCUT2D eigenvalue weighted by Crippen LogP contribution is 2.32. The number of rotatable bonds is 4. The average molecular weight is 260 g/mol. The SMILES string of the molecule is CCC(c1ccccc1)C(N)c1ccc(Cl)cc1. The average Bonchev–Trinajstić information content (AvgIpc) is 2.41. The number of hydrogen-bond acceptors (Lipinski definition) is 1. The molecule has 0 amide bonds. The Hall–Kier alpha value is -1.31. The molecule has 1 nitrogen and oxygen atoms in total. The lowest BCUT2D eigenvalue weighted by molar-refractivity contribution is 0.539. The second-order valence-corrected chi connectivity index (χ2v) is 4.94. The second kappa shape index (κ2) is 6.03. The lowest BCUT2D eigenvalue weighted by atomic mass is 9.86. The molecule has 0 spiro atoms. The van der Waals surface area contributed by atoms with Crippen LogP contribution in [-0.2, 0) is 0 Å². The van der Waals surface area contributed by atoms with E-state index in [9.17, 15) is 0 Å². The minimum Gasteiger partial charge on any atom is -0.323 e. The molecule has 0 heterocycles. The third-order valence-electron chi connectivity index (χ3n) is 3.36. The van der Waals surface area contributed by atoms with E-state index >= 15 is 0 Å². The third-order valence-corrected chi connectivity index (χ3v) is 3.61. The van der Waals surface area contributed by atoms with Crippen molar-refractivity contribution < 1.29 is 0 Å². The summed E-state index contributed by atoms with van der Waals surface area (Å²) in [4.78, 5) is 0. The van der Waals surface area contributed by atoms with E-state index < -0.39 is 0 Å². The van der Waals surface area contributed by atoms with Crippen LogP contribution in [0, 0.1) is 0 Å². The molecule has 2 atom stereocenters. The summed E-state index contributed by atoms with van der Waals surface area (Å²) in [5.41, 5.74) is 8.82. The van der Waals surface area contributed by atoms with Gasteiger partial charge in [-0.25, -0.2) is 0 Å². The zero-order valence-corrected chi connectivity index (χ0v) is 11.3. The summed E-state index contributed by atoms with van der Waals surface area (Å²) in [6.07, 6.45) is 1.02. The normalized spacial score (nSPS) is 14.2. The van der Waals surface area contributed by atoms with Crippen molar-refractivity contribution in [2.75, 3.05) is 0 Å². The Morgan fingerprint density at radius 1 is 0.944 bits per heavy atom. The Labute approximate surface area is 114 Å². The van der Waals surface area contributed by atoms with Crippen molar-refractivity contribution in [3.8, 4) is 0 Å². The monoisotopic (exact) mass is 259 g/mol. The first-order chi connectivity index (χ1) is 8.72. The van der Waals surface area contributed by atoms with Gasteiger partial charge >= 0.3 is 0 Å². The smallest absolute Gasteiger partial charge is 0.0406 e. The minimum atomic E-state index is 0.00895. The van der Waals surface area contributed by atoms with Crippen molar-refractivity contribution in [2.45, 2.75) is 25.3 Å². The van der Waals surface area contributed by atoms with E-state index in [1.807, 2.05) is 30.3 Å². The first-order valence-electron chi connectivity index (χ1n) is 6.28. The van der Waals surface area contributed by atoms with E-state index in [0.29, 0.717) is 5.92 Å². The summed E-state index contributed by atoms with van der Waals surface area (Å²) >= 11 is 5.91. The lowest BCUT2D eigenvalue weighted by Crippen LogP contribution is -2.19. The van der Waals surface area contributed by atoms with Crippen LogP contribution >= 0.6 is 11.6 Å². The zero-order chi connectivity index (χ0) is 13.0. The Bertz CT molecular complexity index is 478. The van der Waals surface area contributed by atoms with Crippen LogP contribution in [0.25, 0.3) is 0 Å². The fourth-order valence-corrected chi connectivity index (χ4v) is 2.44. The van der Waals surface area contributed by atoms with Gasteiger partial charge in [-0.3, -0.25) is 0 Å². The quantitative estimate of drug-likeness (QED) is 0.858. The summed E-state index contributed by atoms with van der Waals surface area (Å²) in [5.74, 6) is 0.340. The van der Waals surface area contributed by atoms with Crippen molar-refractivity contribution >= 4 is 11.6 Å². The molecule has 2 aromatic rings. The molecular formula is C16H18ClN. The highest BCUT2D eigenvalue weighted by Gasteiger charge is 2.19. The Morgan fingerprint density at radius 3 is 2.11 bits per heavy atom. The number of hydrogen-bond donors (Lipinski definition) is 1. The van der Waals surface area contributed by atoms with E-state index in [-0.39, 0.29) is 6.04 Å². The van der Waals surface area contributed by atoms with Crippen LogP contribution in [0.4, 0.5) is 0 Å². The fraction of sp³-hybridized carbons (Fsp3) is 0.250. The molecule has 2 unspecified atom stereocenters. The molecule has 0 saturated heterocycles. The Morgan fingerprint density at radius 2 is 1.56 bits per heavy atom. The summed E-state index contributed by atoms with van der Waals surface area (Å²) in [7, 11) is 0. The Balaban J connectivity index is 2.25. The van der Waals surface area contributed by atoms with Gasteiger partial charge in [-0.15, -0.1) is 0 Å². The number of nitrogens with two attached hydrogens (primary N) is 1. The van der Waals surface area contributed by atoms with Gasteiger partial charge < -0.3 is 5.73 Å². The van der Waals surface area contributed by atoms with E-state index in [0.717, 1.165) is 17.0 Å². The molecule has 0 saturated carbocycles. The fourth-order valence-electron chi connectivity index (χ4n) is 2.31. The second-order valence-electron chi connectivity index (χ2n) is 4.50. The van der Waals surface area contributed by atoms with Gasteiger partial charge in [-0.1, -0.05) is 61.0 Å². The van der Waals surface area contributed by atoms with Gasteiger partial charge in [0.25, 0.3) is 0 Å². The van der Waals surface area contributed by atoms with Crippen molar-refractivity contribution in [2.24, 2.45) is 5.73 Å². The van der Waals surface area contributed by atoms with Crippen LogP contribution < -0.4 is 5.73 Å². The van der Waals surface area contributed by atoms with Crippen molar-refractivity contribution in [1.82, 2.24) is 0 Å². The number of benzene rings is 2.